The molecule has 0 aliphatic rings. The summed E-state index contributed by atoms with van der Waals surface area (Å²) in [5.74, 6) is 2.25. The predicted molar refractivity (Wildman–Crippen MR) is 75.7 cm³/mol. The Morgan fingerprint density at radius 3 is 2.67 bits per heavy atom. The molecule has 1 heterocycles. The summed E-state index contributed by atoms with van der Waals surface area (Å²) in [5.41, 5.74) is 1.19. The van der Waals surface area contributed by atoms with Crippen LogP contribution >= 0.6 is 0 Å². The van der Waals surface area contributed by atoms with Gasteiger partial charge in [0.1, 0.15) is 5.75 Å². The van der Waals surface area contributed by atoms with Crippen molar-refractivity contribution < 1.29 is 4.74 Å². The van der Waals surface area contributed by atoms with E-state index in [1.807, 2.05) is 18.5 Å². The lowest BCUT2D eigenvalue weighted by molar-refractivity contribution is 0.285. The molecule has 102 valence electrons. The maximum absolute atomic E-state index is 5.80. The van der Waals surface area contributed by atoms with Gasteiger partial charge in [0.25, 0.3) is 0 Å². The SMILES string of the molecule is CC(C)CCOc1cnccc1CNCC(C)C. The Kier molecular flexibility index (Phi) is 6.73. The van der Waals surface area contributed by atoms with Gasteiger partial charge in [0.05, 0.1) is 12.8 Å². The van der Waals surface area contributed by atoms with E-state index >= 15 is 0 Å². The van der Waals surface area contributed by atoms with Crippen molar-refractivity contribution in [2.45, 2.75) is 40.7 Å². The van der Waals surface area contributed by atoms with Crippen LogP contribution in [0.4, 0.5) is 0 Å². The molecule has 0 amide bonds. The van der Waals surface area contributed by atoms with Crippen molar-refractivity contribution in [2.24, 2.45) is 11.8 Å². The molecule has 3 heteroatoms. The molecule has 1 rings (SSSR count). The standard InChI is InChI=1S/C15H26N2O/c1-12(2)6-8-18-15-11-16-7-5-14(15)10-17-9-13(3)4/h5,7,11-13,17H,6,8-10H2,1-4H3. The van der Waals surface area contributed by atoms with Gasteiger partial charge in [0.15, 0.2) is 0 Å². The van der Waals surface area contributed by atoms with Gasteiger partial charge in [-0.2, -0.15) is 0 Å². The van der Waals surface area contributed by atoms with E-state index in [0.29, 0.717) is 11.8 Å². The van der Waals surface area contributed by atoms with Crippen LogP contribution in [0.15, 0.2) is 18.5 Å². The third-order valence-electron chi connectivity index (χ3n) is 2.69. The molecule has 1 N–H and O–H groups in total. The monoisotopic (exact) mass is 250 g/mol. The number of hydrogen-bond acceptors (Lipinski definition) is 3. The van der Waals surface area contributed by atoms with Crippen molar-refractivity contribution in [2.75, 3.05) is 13.2 Å². The molecule has 1 aromatic heterocycles. The van der Waals surface area contributed by atoms with E-state index in [4.69, 9.17) is 4.74 Å². The molecule has 0 saturated heterocycles. The molecule has 1 aromatic rings. The Morgan fingerprint density at radius 2 is 2.00 bits per heavy atom. The van der Waals surface area contributed by atoms with Gasteiger partial charge in [0, 0.05) is 18.3 Å². The molecule has 18 heavy (non-hydrogen) atoms. The molecular formula is C15H26N2O. The molecule has 0 spiro atoms. The van der Waals surface area contributed by atoms with Crippen LogP contribution in [0.1, 0.15) is 39.7 Å². The molecule has 0 saturated carbocycles. The summed E-state index contributed by atoms with van der Waals surface area (Å²) in [6.45, 7) is 11.5. The lowest BCUT2D eigenvalue weighted by atomic mass is 10.1. The summed E-state index contributed by atoms with van der Waals surface area (Å²) in [6, 6.07) is 2.03. The maximum Gasteiger partial charge on any atom is 0.142 e. The van der Waals surface area contributed by atoms with Crippen LogP contribution in [0.3, 0.4) is 0 Å². The molecule has 0 fully saturated rings. The number of rotatable bonds is 8. The van der Waals surface area contributed by atoms with Gasteiger partial charge in [-0.25, -0.2) is 0 Å². The topological polar surface area (TPSA) is 34.1 Å². The zero-order valence-electron chi connectivity index (χ0n) is 12.1. The Balaban J connectivity index is 2.45. The van der Waals surface area contributed by atoms with Gasteiger partial charge in [0.2, 0.25) is 0 Å². The van der Waals surface area contributed by atoms with Crippen molar-refractivity contribution in [3.63, 3.8) is 0 Å². The fraction of sp³-hybridized carbons (Fsp3) is 0.667. The zero-order chi connectivity index (χ0) is 13.4. The van der Waals surface area contributed by atoms with Crippen molar-refractivity contribution in [3.05, 3.63) is 24.0 Å². The first kappa shape index (κ1) is 15.0. The summed E-state index contributed by atoms with van der Waals surface area (Å²) >= 11 is 0. The highest BCUT2D eigenvalue weighted by Crippen LogP contribution is 2.17. The van der Waals surface area contributed by atoms with Crippen LogP contribution in [0.2, 0.25) is 0 Å². The van der Waals surface area contributed by atoms with Crippen molar-refractivity contribution in [3.8, 4) is 5.75 Å². The smallest absolute Gasteiger partial charge is 0.142 e. The Bertz CT molecular complexity index is 304. The minimum absolute atomic E-state index is 0.664. The number of ether oxygens (including phenoxy) is 1. The molecule has 0 unspecified atom stereocenters. The van der Waals surface area contributed by atoms with Gasteiger partial charge in [-0.05, 0) is 30.9 Å². The van der Waals surface area contributed by atoms with Crippen LogP contribution in [0.25, 0.3) is 0 Å². The number of pyridine rings is 1. The van der Waals surface area contributed by atoms with Crippen molar-refractivity contribution in [1.82, 2.24) is 10.3 Å². The molecule has 0 aromatic carbocycles. The average Bonchev–Trinajstić information content (AvgIpc) is 2.30. The van der Waals surface area contributed by atoms with Gasteiger partial charge in [-0.3, -0.25) is 4.98 Å². The summed E-state index contributed by atoms with van der Waals surface area (Å²) in [5, 5.41) is 3.43. The Labute approximate surface area is 111 Å². The molecular weight excluding hydrogens is 224 g/mol. The lowest BCUT2D eigenvalue weighted by Crippen LogP contribution is -2.19. The first-order chi connectivity index (χ1) is 8.59. The van der Waals surface area contributed by atoms with Gasteiger partial charge in [-0.15, -0.1) is 0 Å². The number of nitrogens with zero attached hydrogens (tertiary/aromatic N) is 1. The predicted octanol–water partition coefficient (Wildman–Crippen LogP) is 3.25. The minimum atomic E-state index is 0.664. The van der Waals surface area contributed by atoms with Crippen LogP contribution in [-0.4, -0.2) is 18.1 Å². The fourth-order valence-electron chi connectivity index (χ4n) is 1.58. The minimum Gasteiger partial charge on any atom is -0.492 e. The highest BCUT2D eigenvalue weighted by molar-refractivity contribution is 5.29. The third-order valence-corrected chi connectivity index (χ3v) is 2.69. The number of nitrogens with one attached hydrogen (secondary N) is 1. The molecule has 0 radical (unpaired) electrons. The van der Waals surface area contributed by atoms with E-state index in [9.17, 15) is 0 Å². The van der Waals surface area contributed by atoms with E-state index in [1.54, 1.807) is 0 Å². The normalized spacial score (nSPS) is 11.2. The second kappa shape index (κ2) is 8.09. The molecule has 0 bridgehead atoms. The summed E-state index contributed by atoms with van der Waals surface area (Å²) < 4.78 is 5.80. The largest absolute Gasteiger partial charge is 0.492 e. The molecule has 0 aliphatic heterocycles. The fourth-order valence-corrected chi connectivity index (χ4v) is 1.58. The van der Waals surface area contributed by atoms with E-state index in [0.717, 1.165) is 31.9 Å². The van der Waals surface area contributed by atoms with E-state index in [-0.39, 0.29) is 0 Å². The van der Waals surface area contributed by atoms with E-state index in [2.05, 4.69) is 38.0 Å². The van der Waals surface area contributed by atoms with Gasteiger partial charge >= 0.3 is 0 Å². The van der Waals surface area contributed by atoms with E-state index in [1.165, 1.54) is 5.56 Å². The highest BCUT2D eigenvalue weighted by Gasteiger charge is 2.04. The second-order valence-corrected chi connectivity index (χ2v) is 5.54. The Morgan fingerprint density at radius 1 is 1.22 bits per heavy atom. The number of hydrogen-bond donors (Lipinski definition) is 1. The first-order valence-electron chi connectivity index (χ1n) is 6.86. The van der Waals surface area contributed by atoms with Gasteiger partial charge < -0.3 is 10.1 Å². The zero-order valence-corrected chi connectivity index (χ0v) is 12.1. The van der Waals surface area contributed by atoms with E-state index < -0.39 is 0 Å². The number of aromatic nitrogens is 1. The van der Waals surface area contributed by atoms with Crippen LogP contribution < -0.4 is 10.1 Å². The van der Waals surface area contributed by atoms with Crippen LogP contribution in [0.5, 0.6) is 5.75 Å². The van der Waals surface area contributed by atoms with Crippen molar-refractivity contribution in [1.29, 1.82) is 0 Å². The second-order valence-electron chi connectivity index (χ2n) is 5.54. The summed E-state index contributed by atoms with van der Waals surface area (Å²) in [4.78, 5) is 4.13. The quantitative estimate of drug-likeness (QED) is 0.769. The lowest BCUT2D eigenvalue weighted by Gasteiger charge is -2.13. The summed E-state index contributed by atoms with van der Waals surface area (Å²) in [7, 11) is 0. The van der Waals surface area contributed by atoms with Crippen LogP contribution in [-0.2, 0) is 6.54 Å². The first-order valence-corrected chi connectivity index (χ1v) is 6.86. The molecule has 0 aliphatic carbocycles. The van der Waals surface area contributed by atoms with Crippen molar-refractivity contribution >= 4 is 0 Å². The van der Waals surface area contributed by atoms with Gasteiger partial charge in [-0.1, -0.05) is 27.7 Å². The highest BCUT2D eigenvalue weighted by atomic mass is 16.5. The summed E-state index contributed by atoms with van der Waals surface area (Å²) in [6.07, 6.45) is 4.71. The third kappa shape index (κ3) is 6.01. The molecule has 3 nitrogen and oxygen atoms in total. The average molecular weight is 250 g/mol. The molecule has 0 atom stereocenters. The van der Waals surface area contributed by atoms with Crippen LogP contribution in [0, 0.1) is 11.8 Å². The maximum atomic E-state index is 5.80. The Hall–Kier alpha value is -1.09.